The number of hydrogen-bond acceptors (Lipinski definition) is 4. The maximum atomic E-state index is 12.1. The Morgan fingerprint density at radius 3 is 2.43 bits per heavy atom. The van der Waals surface area contributed by atoms with Gasteiger partial charge in [0.1, 0.15) is 0 Å². The van der Waals surface area contributed by atoms with E-state index in [1.165, 1.54) is 12.0 Å². The molecule has 0 aliphatic heterocycles. The van der Waals surface area contributed by atoms with E-state index >= 15 is 0 Å². The normalized spacial score (nSPS) is 11.7. The van der Waals surface area contributed by atoms with Crippen LogP contribution in [0.15, 0.2) is 41.8 Å². The Hall–Kier alpha value is -2.14. The van der Waals surface area contributed by atoms with Crippen molar-refractivity contribution in [1.29, 1.82) is 0 Å². The second kappa shape index (κ2) is 7.04. The summed E-state index contributed by atoms with van der Waals surface area (Å²) in [5.41, 5.74) is 0.960. The van der Waals surface area contributed by atoms with Crippen molar-refractivity contribution in [2.45, 2.75) is 19.4 Å². The molecule has 1 atom stereocenters. The van der Waals surface area contributed by atoms with E-state index in [-0.39, 0.29) is 11.9 Å². The fourth-order valence-electron chi connectivity index (χ4n) is 1.96. The van der Waals surface area contributed by atoms with Gasteiger partial charge in [0.15, 0.2) is 0 Å². The van der Waals surface area contributed by atoms with Gasteiger partial charge in [0, 0.05) is 22.9 Å². The SMILES string of the molecule is COC(=O)c1ccc(C(=O)N[C@H](C)Cc2cccs2)cc1. The lowest BCUT2D eigenvalue weighted by molar-refractivity contribution is 0.0600. The molecule has 0 unspecified atom stereocenters. The van der Waals surface area contributed by atoms with Crippen LogP contribution in [-0.2, 0) is 11.2 Å². The topological polar surface area (TPSA) is 55.4 Å². The summed E-state index contributed by atoms with van der Waals surface area (Å²) in [5.74, 6) is -0.552. The fraction of sp³-hybridized carbons (Fsp3) is 0.250. The average Bonchev–Trinajstić information content (AvgIpc) is 2.99. The Kier molecular flexibility index (Phi) is 5.11. The third-order valence-electron chi connectivity index (χ3n) is 3.03. The predicted molar refractivity (Wildman–Crippen MR) is 82.7 cm³/mol. The molecule has 0 radical (unpaired) electrons. The van der Waals surface area contributed by atoms with Crippen molar-refractivity contribution in [3.63, 3.8) is 0 Å². The van der Waals surface area contributed by atoms with Gasteiger partial charge in [-0.3, -0.25) is 4.79 Å². The zero-order chi connectivity index (χ0) is 15.2. The Morgan fingerprint density at radius 1 is 1.19 bits per heavy atom. The molecule has 1 amide bonds. The van der Waals surface area contributed by atoms with Crippen LogP contribution in [0, 0.1) is 0 Å². The summed E-state index contributed by atoms with van der Waals surface area (Å²) in [6.45, 7) is 1.97. The van der Waals surface area contributed by atoms with Crippen molar-refractivity contribution in [2.24, 2.45) is 0 Å². The van der Waals surface area contributed by atoms with Crippen LogP contribution in [0.5, 0.6) is 0 Å². The van der Waals surface area contributed by atoms with Gasteiger partial charge in [0.25, 0.3) is 5.91 Å². The highest BCUT2D eigenvalue weighted by Crippen LogP contribution is 2.12. The lowest BCUT2D eigenvalue weighted by Gasteiger charge is -2.13. The molecule has 21 heavy (non-hydrogen) atoms. The van der Waals surface area contributed by atoms with Gasteiger partial charge in [-0.15, -0.1) is 11.3 Å². The summed E-state index contributed by atoms with van der Waals surface area (Å²) in [7, 11) is 1.33. The number of methoxy groups -OCH3 is 1. The van der Waals surface area contributed by atoms with E-state index in [9.17, 15) is 9.59 Å². The van der Waals surface area contributed by atoms with E-state index in [4.69, 9.17) is 0 Å². The average molecular weight is 303 g/mol. The van der Waals surface area contributed by atoms with Gasteiger partial charge in [-0.05, 0) is 42.6 Å². The van der Waals surface area contributed by atoms with E-state index in [0.717, 1.165) is 6.42 Å². The molecule has 0 aliphatic carbocycles. The minimum Gasteiger partial charge on any atom is -0.465 e. The van der Waals surface area contributed by atoms with Crippen LogP contribution in [-0.4, -0.2) is 25.0 Å². The van der Waals surface area contributed by atoms with Crippen LogP contribution < -0.4 is 5.32 Å². The molecule has 0 saturated carbocycles. The molecular formula is C16H17NO3S. The molecule has 110 valence electrons. The first-order valence-electron chi connectivity index (χ1n) is 6.61. The first kappa shape index (κ1) is 15.3. The van der Waals surface area contributed by atoms with Crippen LogP contribution in [0.1, 0.15) is 32.5 Å². The number of ether oxygens (including phenoxy) is 1. The standard InChI is InChI=1S/C16H17NO3S/c1-11(10-14-4-3-9-21-14)17-15(18)12-5-7-13(8-6-12)16(19)20-2/h3-9,11H,10H2,1-2H3,(H,17,18)/t11-/m1/s1. The Bertz CT molecular complexity index is 605. The third-order valence-corrected chi connectivity index (χ3v) is 3.93. The van der Waals surface area contributed by atoms with Gasteiger partial charge < -0.3 is 10.1 Å². The molecule has 2 aromatic rings. The third kappa shape index (κ3) is 4.16. The largest absolute Gasteiger partial charge is 0.465 e. The first-order valence-corrected chi connectivity index (χ1v) is 7.49. The van der Waals surface area contributed by atoms with E-state index in [1.807, 2.05) is 18.4 Å². The number of esters is 1. The number of nitrogens with one attached hydrogen (secondary N) is 1. The summed E-state index contributed by atoms with van der Waals surface area (Å²) in [6.07, 6.45) is 0.809. The van der Waals surface area contributed by atoms with Crippen molar-refractivity contribution >= 4 is 23.2 Å². The van der Waals surface area contributed by atoms with Crippen molar-refractivity contribution in [2.75, 3.05) is 7.11 Å². The molecule has 1 aromatic heterocycles. The second-order valence-electron chi connectivity index (χ2n) is 4.73. The van der Waals surface area contributed by atoms with Gasteiger partial charge in [0.2, 0.25) is 0 Å². The highest BCUT2D eigenvalue weighted by molar-refractivity contribution is 7.09. The number of thiophene rings is 1. The number of amides is 1. The summed E-state index contributed by atoms with van der Waals surface area (Å²) < 4.78 is 4.62. The number of hydrogen-bond donors (Lipinski definition) is 1. The number of carbonyl (C=O) groups excluding carboxylic acids is 2. The van der Waals surface area contributed by atoms with Crippen LogP contribution >= 0.6 is 11.3 Å². The molecule has 0 aliphatic rings. The first-order chi connectivity index (χ1) is 10.1. The van der Waals surface area contributed by atoms with Crippen LogP contribution in [0.4, 0.5) is 0 Å². The lowest BCUT2D eigenvalue weighted by atomic mass is 10.1. The van der Waals surface area contributed by atoms with E-state index in [0.29, 0.717) is 11.1 Å². The summed E-state index contributed by atoms with van der Waals surface area (Å²) in [6, 6.07) is 10.5. The lowest BCUT2D eigenvalue weighted by Crippen LogP contribution is -2.33. The van der Waals surface area contributed by atoms with Gasteiger partial charge in [-0.2, -0.15) is 0 Å². The van der Waals surface area contributed by atoms with Crippen LogP contribution in [0.25, 0.3) is 0 Å². The van der Waals surface area contributed by atoms with Crippen molar-refractivity contribution < 1.29 is 14.3 Å². The maximum absolute atomic E-state index is 12.1. The van der Waals surface area contributed by atoms with E-state index < -0.39 is 5.97 Å². The molecule has 0 spiro atoms. The van der Waals surface area contributed by atoms with Crippen molar-refractivity contribution in [3.8, 4) is 0 Å². The Morgan fingerprint density at radius 2 is 1.86 bits per heavy atom. The molecule has 0 saturated heterocycles. The van der Waals surface area contributed by atoms with Gasteiger partial charge in [-0.25, -0.2) is 4.79 Å². The van der Waals surface area contributed by atoms with Gasteiger partial charge in [-0.1, -0.05) is 6.07 Å². The molecule has 0 bridgehead atoms. The summed E-state index contributed by atoms with van der Waals surface area (Å²) >= 11 is 1.68. The zero-order valence-electron chi connectivity index (χ0n) is 12.0. The molecule has 0 fully saturated rings. The highest BCUT2D eigenvalue weighted by atomic mass is 32.1. The highest BCUT2D eigenvalue weighted by Gasteiger charge is 2.12. The number of benzene rings is 1. The van der Waals surface area contributed by atoms with Gasteiger partial charge >= 0.3 is 5.97 Å². The fourth-order valence-corrected chi connectivity index (χ4v) is 2.80. The molecule has 5 heteroatoms. The molecule has 1 aromatic carbocycles. The quantitative estimate of drug-likeness (QED) is 0.864. The summed E-state index contributed by atoms with van der Waals surface area (Å²) in [4.78, 5) is 24.7. The maximum Gasteiger partial charge on any atom is 0.337 e. The van der Waals surface area contributed by atoms with E-state index in [1.54, 1.807) is 35.6 Å². The van der Waals surface area contributed by atoms with E-state index in [2.05, 4.69) is 16.1 Å². The minimum atomic E-state index is -0.409. The van der Waals surface area contributed by atoms with Gasteiger partial charge in [0.05, 0.1) is 12.7 Å². The van der Waals surface area contributed by atoms with Crippen LogP contribution in [0.2, 0.25) is 0 Å². The summed E-state index contributed by atoms with van der Waals surface area (Å²) in [5, 5.41) is 4.97. The smallest absolute Gasteiger partial charge is 0.337 e. The molecule has 2 rings (SSSR count). The molecule has 1 heterocycles. The zero-order valence-corrected chi connectivity index (χ0v) is 12.8. The Balaban J connectivity index is 1.95. The second-order valence-corrected chi connectivity index (χ2v) is 5.76. The molecular weight excluding hydrogens is 286 g/mol. The number of rotatable bonds is 5. The monoisotopic (exact) mass is 303 g/mol. The van der Waals surface area contributed by atoms with Crippen molar-refractivity contribution in [3.05, 3.63) is 57.8 Å². The molecule has 4 nitrogen and oxygen atoms in total. The predicted octanol–water partition coefficient (Wildman–Crippen LogP) is 2.90. The Labute approximate surface area is 127 Å². The molecule has 1 N–H and O–H groups in total. The number of carbonyl (C=O) groups is 2. The van der Waals surface area contributed by atoms with Crippen LogP contribution in [0.3, 0.4) is 0 Å². The van der Waals surface area contributed by atoms with Crippen molar-refractivity contribution in [1.82, 2.24) is 5.32 Å². The minimum absolute atomic E-state index is 0.0523.